The van der Waals surface area contributed by atoms with Gasteiger partial charge < -0.3 is 9.15 Å². The first kappa shape index (κ1) is 21.9. The average Bonchev–Trinajstić information content (AvgIpc) is 3.45. The van der Waals surface area contributed by atoms with E-state index in [9.17, 15) is 17.6 Å². The molecule has 0 bridgehead atoms. The molecular formula is C21H21FN4O5S. The molecule has 4 rings (SSSR count). The van der Waals surface area contributed by atoms with Gasteiger partial charge in [0.15, 0.2) is 0 Å². The molecule has 1 fully saturated rings. The SMILES string of the molecule is CCOc1ccc(-c2nnc(NC(=O)C3CCCN3S(=O)(=O)c3ccc(F)cc3)o2)cc1. The van der Waals surface area contributed by atoms with Crippen molar-refractivity contribution in [1.29, 1.82) is 0 Å². The first-order valence-corrected chi connectivity index (χ1v) is 11.5. The molecule has 2 heterocycles. The molecule has 2 aromatic carbocycles. The number of halogens is 1. The molecule has 1 atom stereocenters. The summed E-state index contributed by atoms with van der Waals surface area (Å²) in [6, 6.07) is 10.4. The van der Waals surface area contributed by atoms with Crippen LogP contribution in [0.1, 0.15) is 19.8 Å². The van der Waals surface area contributed by atoms with Gasteiger partial charge in [-0.3, -0.25) is 10.1 Å². The Hall–Kier alpha value is -3.31. The zero-order valence-corrected chi connectivity index (χ0v) is 18.0. The van der Waals surface area contributed by atoms with E-state index in [0.717, 1.165) is 16.4 Å². The van der Waals surface area contributed by atoms with E-state index in [1.165, 1.54) is 12.1 Å². The van der Waals surface area contributed by atoms with Crippen LogP contribution in [0, 0.1) is 5.82 Å². The van der Waals surface area contributed by atoms with E-state index in [1.807, 2.05) is 6.92 Å². The number of anilines is 1. The minimum Gasteiger partial charge on any atom is -0.494 e. The van der Waals surface area contributed by atoms with Crippen LogP contribution in [0.25, 0.3) is 11.5 Å². The molecule has 0 saturated carbocycles. The highest BCUT2D eigenvalue weighted by atomic mass is 32.2. The summed E-state index contributed by atoms with van der Waals surface area (Å²) >= 11 is 0. The Bertz CT molecular complexity index is 1200. The number of benzene rings is 2. The molecular weight excluding hydrogens is 439 g/mol. The van der Waals surface area contributed by atoms with E-state index < -0.39 is 27.8 Å². The summed E-state index contributed by atoms with van der Waals surface area (Å²) in [4.78, 5) is 12.7. The molecule has 3 aromatic rings. The van der Waals surface area contributed by atoms with Crippen molar-refractivity contribution < 1.29 is 26.8 Å². The Labute approximate surface area is 184 Å². The molecule has 0 radical (unpaired) electrons. The smallest absolute Gasteiger partial charge is 0.322 e. The van der Waals surface area contributed by atoms with E-state index in [2.05, 4.69) is 15.5 Å². The molecule has 1 aliphatic rings. The van der Waals surface area contributed by atoms with E-state index in [4.69, 9.17) is 9.15 Å². The molecule has 1 aromatic heterocycles. The number of ether oxygens (including phenoxy) is 1. The Balaban J connectivity index is 1.47. The Morgan fingerprint density at radius 2 is 1.91 bits per heavy atom. The summed E-state index contributed by atoms with van der Waals surface area (Å²) in [5.74, 6) is -0.215. The monoisotopic (exact) mass is 460 g/mol. The number of carbonyl (C=O) groups is 1. The van der Waals surface area contributed by atoms with Gasteiger partial charge in [0.2, 0.25) is 21.8 Å². The van der Waals surface area contributed by atoms with Crippen molar-refractivity contribution in [2.45, 2.75) is 30.7 Å². The fraction of sp³-hybridized carbons (Fsp3) is 0.286. The summed E-state index contributed by atoms with van der Waals surface area (Å²) < 4.78 is 51.1. The maximum atomic E-state index is 13.2. The minimum absolute atomic E-state index is 0.0748. The molecule has 1 N–H and O–H groups in total. The van der Waals surface area contributed by atoms with Crippen LogP contribution >= 0.6 is 0 Å². The molecule has 0 aliphatic carbocycles. The van der Waals surface area contributed by atoms with Crippen molar-refractivity contribution in [3.8, 4) is 17.2 Å². The van der Waals surface area contributed by atoms with Crippen LogP contribution in [-0.4, -0.2) is 48.0 Å². The largest absolute Gasteiger partial charge is 0.494 e. The molecule has 1 saturated heterocycles. The number of amides is 1. The van der Waals surface area contributed by atoms with Crippen molar-refractivity contribution in [2.24, 2.45) is 0 Å². The van der Waals surface area contributed by atoms with E-state index in [-0.39, 0.29) is 23.3 Å². The second kappa shape index (κ2) is 9.05. The van der Waals surface area contributed by atoms with Crippen molar-refractivity contribution >= 4 is 21.9 Å². The summed E-state index contributed by atoms with van der Waals surface area (Å²) in [5, 5.41) is 10.3. The molecule has 1 unspecified atom stereocenters. The maximum absolute atomic E-state index is 13.2. The van der Waals surface area contributed by atoms with Crippen LogP contribution in [-0.2, 0) is 14.8 Å². The van der Waals surface area contributed by atoms with Gasteiger partial charge in [0.25, 0.3) is 0 Å². The Morgan fingerprint density at radius 1 is 1.19 bits per heavy atom. The van der Waals surface area contributed by atoms with Crippen LogP contribution in [0.2, 0.25) is 0 Å². The van der Waals surface area contributed by atoms with Gasteiger partial charge in [0.05, 0.1) is 11.5 Å². The van der Waals surface area contributed by atoms with Gasteiger partial charge in [0.1, 0.15) is 17.6 Å². The van der Waals surface area contributed by atoms with E-state index in [1.54, 1.807) is 24.3 Å². The molecule has 32 heavy (non-hydrogen) atoms. The topological polar surface area (TPSA) is 115 Å². The van der Waals surface area contributed by atoms with Gasteiger partial charge in [-0.25, -0.2) is 12.8 Å². The predicted octanol–water partition coefficient (Wildman–Crippen LogP) is 3.07. The van der Waals surface area contributed by atoms with Gasteiger partial charge in [-0.05, 0) is 68.3 Å². The lowest BCUT2D eigenvalue weighted by Gasteiger charge is -2.22. The number of sulfonamides is 1. The molecule has 11 heteroatoms. The number of rotatable bonds is 7. The highest BCUT2D eigenvalue weighted by Gasteiger charge is 2.39. The Morgan fingerprint density at radius 3 is 2.59 bits per heavy atom. The minimum atomic E-state index is -3.96. The fourth-order valence-corrected chi connectivity index (χ4v) is 5.13. The van der Waals surface area contributed by atoms with Crippen molar-refractivity contribution in [1.82, 2.24) is 14.5 Å². The zero-order chi connectivity index (χ0) is 22.7. The Kier molecular flexibility index (Phi) is 6.19. The van der Waals surface area contributed by atoms with Crippen LogP contribution in [0.3, 0.4) is 0 Å². The number of carbonyl (C=O) groups excluding carboxylic acids is 1. The van der Waals surface area contributed by atoms with Gasteiger partial charge in [-0.2, -0.15) is 4.31 Å². The van der Waals surface area contributed by atoms with Gasteiger partial charge >= 0.3 is 6.01 Å². The van der Waals surface area contributed by atoms with Crippen LogP contribution in [0.4, 0.5) is 10.4 Å². The lowest BCUT2D eigenvalue weighted by molar-refractivity contribution is -0.119. The number of nitrogens with zero attached hydrogens (tertiary/aromatic N) is 3. The lowest BCUT2D eigenvalue weighted by atomic mass is 10.2. The second-order valence-corrected chi connectivity index (χ2v) is 8.98. The van der Waals surface area contributed by atoms with Gasteiger partial charge in [-0.15, -0.1) is 5.10 Å². The van der Waals surface area contributed by atoms with Crippen molar-refractivity contribution in [3.63, 3.8) is 0 Å². The van der Waals surface area contributed by atoms with E-state index >= 15 is 0 Å². The van der Waals surface area contributed by atoms with E-state index in [0.29, 0.717) is 30.8 Å². The normalized spacial score (nSPS) is 16.8. The maximum Gasteiger partial charge on any atom is 0.322 e. The molecule has 0 spiro atoms. The zero-order valence-electron chi connectivity index (χ0n) is 17.2. The van der Waals surface area contributed by atoms with Crippen LogP contribution < -0.4 is 10.1 Å². The first-order chi connectivity index (χ1) is 15.4. The van der Waals surface area contributed by atoms with Crippen molar-refractivity contribution in [2.75, 3.05) is 18.5 Å². The average molecular weight is 460 g/mol. The quantitative estimate of drug-likeness (QED) is 0.576. The highest BCUT2D eigenvalue weighted by Crippen LogP contribution is 2.28. The molecule has 1 aliphatic heterocycles. The highest BCUT2D eigenvalue weighted by molar-refractivity contribution is 7.89. The van der Waals surface area contributed by atoms with Crippen molar-refractivity contribution in [3.05, 3.63) is 54.3 Å². The summed E-state index contributed by atoms with van der Waals surface area (Å²) in [6.07, 6.45) is 0.853. The predicted molar refractivity (Wildman–Crippen MR) is 113 cm³/mol. The number of nitrogens with one attached hydrogen (secondary N) is 1. The fourth-order valence-electron chi connectivity index (χ4n) is 3.47. The van der Waals surface area contributed by atoms with Crippen LogP contribution in [0.5, 0.6) is 5.75 Å². The van der Waals surface area contributed by atoms with Gasteiger partial charge in [-0.1, -0.05) is 5.10 Å². The van der Waals surface area contributed by atoms with Crippen LogP contribution in [0.15, 0.2) is 57.8 Å². The third-order valence-electron chi connectivity index (χ3n) is 4.99. The summed E-state index contributed by atoms with van der Waals surface area (Å²) in [5.41, 5.74) is 0.642. The lowest BCUT2D eigenvalue weighted by Crippen LogP contribution is -2.43. The summed E-state index contributed by atoms with van der Waals surface area (Å²) in [6.45, 7) is 2.61. The molecule has 1 amide bonds. The third kappa shape index (κ3) is 4.48. The standard InChI is InChI=1S/C21H21FN4O5S/c1-2-30-16-9-5-14(6-10-16)20-24-25-21(31-20)23-19(27)18-4-3-13-26(18)32(28,29)17-11-7-15(22)8-12-17/h5-12,18H,2-4,13H2,1H3,(H,23,25,27). The third-order valence-corrected chi connectivity index (χ3v) is 6.92. The molecule has 9 nitrogen and oxygen atoms in total. The number of aromatic nitrogens is 2. The van der Waals surface area contributed by atoms with Gasteiger partial charge in [0, 0.05) is 12.1 Å². The molecule has 168 valence electrons. The second-order valence-electron chi connectivity index (χ2n) is 7.09. The summed E-state index contributed by atoms with van der Waals surface area (Å²) in [7, 11) is -3.96. The number of hydrogen-bond acceptors (Lipinski definition) is 7. The first-order valence-electron chi connectivity index (χ1n) is 10.0. The number of hydrogen-bond donors (Lipinski definition) is 1.